The Morgan fingerprint density at radius 1 is 1.12 bits per heavy atom. The molecular weight excluding hydrogens is 328 g/mol. The van der Waals surface area contributed by atoms with Gasteiger partial charge in [0.25, 0.3) is 0 Å². The van der Waals surface area contributed by atoms with Gasteiger partial charge in [-0.05, 0) is 11.1 Å². The fourth-order valence-electron chi connectivity index (χ4n) is 2.56. The number of hydrogen-bond donors (Lipinski definition) is 1. The third-order valence-electron chi connectivity index (χ3n) is 3.84. The van der Waals surface area contributed by atoms with E-state index in [1.165, 1.54) is 4.31 Å². The molecule has 1 N–H and O–H groups in total. The van der Waals surface area contributed by atoms with Crippen LogP contribution in [0, 0.1) is 0 Å². The normalized spacial score (nSPS) is 16.0. The summed E-state index contributed by atoms with van der Waals surface area (Å²) in [6.07, 6.45) is 4.85. The Bertz CT molecular complexity index is 762. The summed E-state index contributed by atoms with van der Waals surface area (Å²) in [4.78, 5) is 8.16. The van der Waals surface area contributed by atoms with E-state index in [2.05, 4.69) is 15.3 Å². The maximum Gasteiger partial charge on any atom is 0.218 e. The number of ether oxygens (including phenoxy) is 1. The smallest absolute Gasteiger partial charge is 0.218 e. The lowest BCUT2D eigenvalue weighted by Crippen LogP contribution is -2.41. The molecule has 0 aliphatic carbocycles. The van der Waals surface area contributed by atoms with Gasteiger partial charge >= 0.3 is 0 Å². The molecule has 0 radical (unpaired) electrons. The Labute approximate surface area is 141 Å². The van der Waals surface area contributed by atoms with Gasteiger partial charge < -0.3 is 10.1 Å². The molecule has 0 atom stereocenters. The van der Waals surface area contributed by atoms with Gasteiger partial charge in [-0.2, -0.15) is 4.31 Å². The molecule has 0 amide bonds. The van der Waals surface area contributed by atoms with Crippen molar-refractivity contribution in [2.45, 2.75) is 12.3 Å². The van der Waals surface area contributed by atoms with Crippen LogP contribution in [0.2, 0.25) is 0 Å². The Morgan fingerprint density at radius 3 is 2.58 bits per heavy atom. The molecule has 7 nitrogen and oxygen atoms in total. The molecule has 2 heterocycles. The van der Waals surface area contributed by atoms with Crippen LogP contribution in [0.5, 0.6) is 0 Å². The molecule has 1 aromatic carbocycles. The minimum absolute atomic E-state index is 0.00861. The van der Waals surface area contributed by atoms with Crippen LogP contribution in [0.15, 0.2) is 42.9 Å². The molecule has 24 heavy (non-hydrogen) atoms. The molecular formula is C16H20N4O3S. The molecule has 0 unspecified atom stereocenters. The van der Waals surface area contributed by atoms with Gasteiger partial charge in [-0.15, -0.1) is 0 Å². The lowest BCUT2D eigenvalue weighted by molar-refractivity contribution is 0.0729. The van der Waals surface area contributed by atoms with Gasteiger partial charge in [0.1, 0.15) is 5.82 Å². The van der Waals surface area contributed by atoms with Crippen LogP contribution >= 0.6 is 0 Å². The zero-order valence-electron chi connectivity index (χ0n) is 13.3. The second-order valence-corrected chi connectivity index (χ2v) is 7.45. The van der Waals surface area contributed by atoms with Gasteiger partial charge in [-0.25, -0.2) is 13.4 Å². The number of benzene rings is 1. The van der Waals surface area contributed by atoms with Crippen molar-refractivity contribution in [3.8, 4) is 0 Å². The minimum Gasteiger partial charge on any atom is -0.379 e. The van der Waals surface area contributed by atoms with Gasteiger partial charge in [0.05, 0.1) is 25.2 Å². The largest absolute Gasteiger partial charge is 0.379 e. The average molecular weight is 348 g/mol. The molecule has 1 saturated heterocycles. The summed E-state index contributed by atoms with van der Waals surface area (Å²) in [5.41, 5.74) is 1.72. The summed E-state index contributed by atoms with van der Waals surface area (Å²) in [6.45, 7) is 2.24. The quantitative estimate of drug-likeness (QED) is 0.846. The summed E-state index contributed by atoms with van der Waals surface area (Å²) in [5, 5.41) is 3.16. The summed E-state index contributed by atoms with van der Waals surface area (Å²) >= 11 is 0. The van der Waals surface area contributed by atoms with Crippen molar-refractivity contribution in [3.05, 3.63) is 54.0 Å². The summed E-state index contributed by atoms with van der Waals surface area (Å²) in [5.74, 6) is 0.647. The first-order chi connectivity index (χ1) is 11.6. The van der Waals surface area contributed by atoms with Crippen LogP contribution in [-0.4, -0.2) is 49.0 Å². The first-order valence-corrected chi connectivity index (χ1v) is 9.38. The number of morpholine rings is 1. The van der Waals surface area contributed by atoms with E-state index in [0.717, 1.165) is 11.1 Å². The third kappa shape index (κ3) is 4.28. The van der Waals surface area contributed by atoms with Crippen molar-refractivity contribution >= 4 is 15.8 Å². The average Bonchev–Trinajstić information content (AvgIpc) is 2.62. The van der Waals surface area contributed by atoms with Gasteiger partial charge in [0.15, 0.2) is 0 Å². The number of anilines is 1. The highest BCUT2D eigenvalue weighted by molar-refractivity contribution is 7.88. The molecule has 8 heteroatoms. The van der Waals surface area contributed by atoms with Crippen molar-refractivity contribution in [1.82, 2.24) is 14.3 Å². The van der Waals surface area contributed by atoms with Crippen molar-refractivity contribution in [2.75, 3.05) is 31.6 Å². The maximum atomic E-state index is 12.6. The minimum atomic E-state index is -3.34. The monoisotopic (exact) mass is 348 g/mol. The number of nitrogens with one attached hydrogen (secondary N) is 1. The van der Waals surface area contributed by atoms with Gasteiger partial charge in [0.2, 0.25) is 10.0 Å². The van der Waals surface area contributed by atoms with Crippen molar-refractivity contribution in [2.24, 2.45) is 0 Å². The van der Waals surface area contributed by atoms with Crippen LogP contribution in [0.25, 0.3) is 0 Å². The highest BCUT2D eigenvalue weighted by atomic mass is 32.2. The zero-order valence-corrected chi connectivity index (χ0v) is 14.1. The van der Waals surface area contributed by atoms with Crippen molar-refractivity contribution < 1.29 is 13.2 Å². The molecule has 1 aliphatic rings. The second-order valence-electron chi connectivity index (χ2n) is 5.48. The molecule has 1 fully saturated rings. The SMILES string of the molecule is O=S(=O)(Cc1ccccc1CNc1cnccn1)N1CCOCC1. The molecule has 0 spiro atoms. The number of nitrogens with zero attached hydrogens (tertiary/aromatic N) is 3. The first kappa shape index (κ1) is 16.8. The highest BCUT2D eigenvalue weighted by Crippen LogP contribution is 2.17. The Morgan fingerprint density at radius 2 is 1.88 bits per heavy atom. The Hall–Kier alpha value is -2.03. The predicted molar refractivity (Wildman–Crippen MR) is 90.8 cm³/mol. The van der Waals surface area contributed by atoms with Crippen LogP contribution in [0.1, 0.15) is 11.1 Å². The Kier molecular flexibility index (Phi) is 5.39. The molecule has 0 bridgehead atoms. The predicted octanol–water partition coefficient (Wildman–Crippen LogP) is 1.25. The van der Waals surface area contributed by atoms with E-state index >= 15 is 0 Å². The van der Waals surface area contributed by atoms with Gasteiger partial charge in [0, 0.05) is 32.0 Å². The highest BCUT2D eigenvalue weighted by Gasteiger charge is 2.25. The van der Waals surface area contributed by atoms with Gasteiger partial charge in [-0.3, -0.25) is 4.98 Å². The lowest BCUT2D eigenvalue weighted by atomic mass is 10.1. The standard InChI is InChI=1S/C16H20N4O3S/c21-24(22,20-7-9-23-10-8-20)13-15-4-2-1-3-14(15)11-19-16-12-17-5-6-18-16/h1-6,12H,7-11,13H2,(H,18,19). The van der Waals surface area contributed by atoms with Crippen LogP contribution in [0.4, 0.5) is 5.82 Å². The van der Waals surface area contributed by atoms with Crippen molar-refractivity contribution in [3.63, 3.8) is 0 Å². The second kappa shape index (κ2) is 7.69. The van der Waals surface area contributed by atoms with E-state index in [1.807, 2.05) is 24.3 Å². The fraction of sp³-hybridized carbons (Fsp3) is 0.375. The Balaban J connectivity index is 1.71. The lowest BCUT2D eigenvalue weighted by Gasteiger charge is -2.26. The molecule has 0 saturated carbocycles. The summed E-state index contributed by atoms with van der Waals surface area (Å²) < 4.78 is 31.9. The van der Waals surface area contributed by atoms with Gasteiger partial charge in [-0.1, -0.05) is 24.3 Å². The molecule has 1 aliphatic heterocycles. The number of rotatable bonds is 6. The fourth-order valence-corrected chi connectivity index (χ4v) is 4.12. The van der Waals surface area contributed by atoms with E-state index in [0.29, 0.717) is 38.7 Å². The van der Waals surface area contributed by atoms with E-state index < -0.39 is 10.0 Å². The molecule has 2 aromatic rings. The zero-order chi connectivity index (χ0) is 16.8. The number of hydrogen-bond acceptors (Lipinski definition) is 6. The topological polar surface area (TPSA) is 84.4 Å². The molecule has 3 rings (SSSR count). The summed E-state index contributed by atoms with van der Waals surface area (Å²) in [6, 6.07) is 7.54. The van der Waals surface area contributed by atoms with E-state index in [-0.39, 0.29) is 5.75 Å². The van der Waals surface area contributed by atoms with E-state index in [9.17, 15) is 8.42 Å². The van der Waals surface area contributed by atoms with Crippen molar-refractivity contribution in [1.29, 1.82) is 0 Å². The third-order valence-corrected chi connectivity index (χ3v) is 5.67. The van der Waals surface area contributed by atoms with Crippen LogP contribution < -0.4 is 5.32 Å². The van der Waals surface area contributed by atoms with E-state index in [4.69, 9.17) is 4.74 Å². The number of sulfonamides is 1. The maximum absolute atomic E-state index is 12.6. The van der Waals surface area contributed by atoms with Crippen LogP contribution in [-0.2, 0) is 27.1 Å². The first-order valence-electron chi connectivity index (χ1n) is 7.77. The number of aromatic nitrogens is 2. The van der Waals surface area contributed by atoms with Crippen LogP contribution in [0.3, 0.4) is 0 Å². The molecule has 1 aromatic heterocycles. The molecule has 128 valence electrons. The summed E-state index contributed by atoms with van der Waals surface area (Å²) in [7, 11) is -3.34. The van der Waals surface area contributed by atoms with E-state index in [1.54, 1.807) is 18.6 Å².